The largest absolute Gasteiger partial charge is 0.573 e. The summed E-state index contributed by atoms with van der Waals surface area (Å²) in [6, 6.07) is 3.75. The third-order valence-electron chi connectivity index (χ3n) is 7.12. The molecule has 6 heteroatoms. The fourth-order valence-corrected chi connectivity index (χ4v) is 5.39. The molecule has 2 fully saturated rings. The van der Waals surface area contributed by atoms with Gasteiger partial charge in [0.05, 0.1) is 6.67 Å². The maximum atomic E-state index is 13.9. The molecule has 0 spiro atoms. The molecule has 174 valence electrons. The van der Waals surface area contributed by atoms with Crippen molar-refractivity contribution >= 4 is 0 Å². The molecule has 0 saturated heterocycles. The van der Waals surface area contributed by atoms with Crippen molar-refractivity contribution in [3.05, 3.63) is 41.7 Å². The van der Waals surface area contributed by atoms with Crippen molar-refractivity contribution in [3.63, 3.8) is 0 Å². The maximum Gasteiger partial charge on any atom is 0.573 e. The molecule has 1 nitrogen and oxygen atoms in total. The normalized spacial score (nSPS) is 27.5. The molecule has 0 amide bonds. The van der Waals surface area contributed by atoms with E-state index in [4.69, 9.17) is 0 Å². The number of hydrogen-bond donors (Lipinski definition) is 0. The van der Waals surface area contributed by atoms with Crippen LogP contribution in [0.4, 0.5) is 22.0 Å². The third-order valence-corrected chi connectivity index (χ3v) is 7.12. The highest BCUT2D eigenvalue weighted by atomic mass is 19.4. The number of halogens is 5. The van der Waals surface area contributed by atoms with Crippen molar-refractivity contribution in [2.24, 2.45) is 23.7 Å². The minimum atomic E-state index is -4.88. The highest BCUT2D eigenvalue weighted by molar-refractivity contribution is 5.29. The van der Waals surface area contributed by atoms with Crippen LogP contribution in [-0.2, 0) is 6.42 Å². The highest BCUT2D eigenvalue weighted by Crippen LogP contribution is 2.42. The Bertz CT molecular complexity index is 698. The Balaban J connectivity index is 1.38. The second-order valence-electron chi connectivity index (χ2n) is 9.21. The first-order chi connectivity index (χ1) is 14.8. The molecule has 0 heterocycles. The van der Waals surface area contributed by atoms with E-state index in [1.807, 2.05) is 6.08 Å². The Morgan fingerprint density at radius 2 is 1.58 bits per heavy atom. The van der Waals surface area contributed by atoms with Gasteiger partial charge in [0.2, 0.25) is 0 Å². The SMILES string of the molecule is FCC/C=C/[C@H]1CC[C@H](C2CCC(CCc3ccc(OC(F)(F)F)c(F)c3)CC2)CC1. The first-order valence-corrected chi connectivity index (χ1v) is 11.6. The quantitative estimate of drug-likeness (QED) is 0.290. The Morgan fingerprint density at radius 1 is 0.935 bits per heavy atom. The van der Waals surface area contributed by atoms with Crippen LogP contribution in [0.25, 0.3) is 0 Å². The number of benzene rings is 1. The Kier molecular flexibility index (Phi) is 8.79. The smallest absolute Gasteiger partial charge is 0.403 e. The van der Waals surface area contributed by atoms with Crippen LogP contribution in [0.5, 0.6) is 5.75 Å². The van der Waals surface area contributed by atoms with Crippen LogP contribution in [0.2, 0.25) is 0 Å². The van der Waals surface area contributed by atoms with Gasteiger partial charge in [-0.3, -0.25) is 4.39 Å². The van der Waals surface area contributed by atoms with Gasteiger partial charge >= 0.3 is 6.36 Å². The highest BCUT2D eigenvalue weighted by Gasteiger charge is 2.33. The third kappa shape index (κ3) is 7.80. The first-order valence-electron chi connectivity index (χ1n) is 11.6. The predicted molar refractivity (Wildman–Crippen MR) is 112 cm³/mol. The number of aryl methyl sites for hydroxylation is 1. The molecule has 0 radical (unpaired) electrons. The molecular formula is C25H33F5O. The van der Waals surface area contributed by atoms with Crippen LogP contribution in [0.15, 0.2) is 30.4 Å². The topological polar surface area (TPSA) is 9.23 Å². The second kappa shape index (κ2) is 11.3. The molecule has 0 aromatic heterocycles. The number of rotatable bonds is 8. The molecule has 2 saturated carbocycles. The summed E-state index contributed by atoms with van der Waals surface area (Å²) in [4.78, 5) is 0. The molecule has 1 aromatic carbocycles. The molecule has 0 aliphatic heterocycles. The summed E-state index contributed by atoms with van der Waals surface area (Å²) in [5.74, 6) is 1.08. The van der Waals surface area contributed by atoms with Crippen LogP contribution < -0.4 is 4.74 Å². The summed E-state index contributed by atoms with van der Waals surface area (Å²) in [6.07, 6.45) is 11.3. The van der Waals surface area contributed by atoms with Crippen molar-refractivity contribution in [2.45, 2.75) is 77.0 Å². The van der Waals surface area contributed by atoms with Crippen LogP contribution in [0.3, 0.4) is 0 Å². The van der Waals surface area contributed by atoms with E-state index < -0.39 is 17.9 Å². The summed E-state index contributed by atoms with van der Waals surface area (Å²) in [7, 11) is 0. The zero-order chi connectivity index (χ0) is 22.3. The van der Waals surface area contributed by atoms with Gasteiger partial charge in [-0.2, -0.15) is 0 Å². The fraction of sp³-hybridized carbons (Fsp3) is 0.680. The molecule has 0 bridgehead atoms. The summed E-state index contributed by atoms with van der Waals surface area (Å²) >= 11 is 0. The van der Waals surface area contributed by atoms with E-state index in [0.717, 1.165) is 30.4 Å². The van der Waals surface area contributed by atoms with E-state index in [1.165, 1.54) is 57.4 Å². The van der Waals surface area contributed by atoms with Gasteiger partial charge in [-0.25, -0.2) is 4.39 Å². The van der Waals surface area contributed by atoms with Crippen LogP contribution in [0.1, 0.15) is 69.8 Å². The summed E-state index contributed by atoms with van der Waals surface area (Å²) in [6.45, 7) is -0.276. The molecule has 2 aliphatic carbocycles. The number of allylic oxidation sites excluding steroid dienone is 2. The van der Waals surface area contributed by atoms with Crippen LogP contribution in [0, 0.1) is 29.5 Å². The van der Waals surface area contributed by atoms with Crippen molar-refractivity contribution in [1.82, 2.24) is 0 Å². The number of alkyl halides is 4. The lowest BCUT2D eigenvalue weighted by atomic mass is 9.68. The zero-order valence-corrected chi connectivity index (χ0v) is 18.0. The molecule has 2 aliphatic rings. The van der Waals surface area contributed by atoms with Crippen molar-refractivity contribution in [1.29, 1.82) is 0 Å². The van der Waals surface area contributed by atoms with Crippen LogP contribution >= 0.6 is 0 Å². The monoisotopic (exact) mass is 444 g/mol. The van der Waals surface area contributed by atoms with Gasteiger partial charge in [0, 0.05) is 0 Å². The van der Waals surface area contributed by atoms with E-state index in [-0.39, 0.29) is 6.67 Å². The predicted octanol–water partition coefficient (Wildman–Crippen LogP) is 8.19. The van der Waals surface area contributed by atoms with Gasteiger partial charge in [0.1, 0.15) is 0 Å². The summed E-state index contributed by atoms with van der Waals surface area (Å²) in [5, 5.41) is 0. The van der Waals surface area contributed by atoms with Gasteiger partial charge in [-0.15, -0.1) is 13.2 Å². The molecule has 3 rings (SSSR count). The van der Waals surface area contributed by atoms with Crippen molar-refractivity contribution in [2.75, 3.05) is 6.67 Å². The molecule has 31 heavy (non-hydrogen) atoms. The van der Waals surface area contributed by atoms with Gasteiger partial charge in [0.25, 0.3) is 0 Å². The number of hydrogen-bond acceptors (Lipinski definition) is 1. The Labute approximate surface area is 182 Å². The van der Waals surface area contributed by atoms with E-state index in [2.05, 4.69) is 10.8 Å². The van der Waals surface area contributed by atoms with Crippen molar-refractivity contribution in [3.8, 4) is 5.75 Å². The van der Waals surface area contributed by atoms with Gasteiger partial charge in [0.15, 0.2) is 11.6 Å². The molecule has 0 unspecified atom stereocenters. The lowest BCUT2D eigenvalue weighted by Gasteiger charge is -2.37. The maximum absolute atomic E-state index is 13.9. The molecule has 0 atom stereocenters. The lowest BCUT2D eigenvalue weighted by molar-refractivity contribution is -0.275. The fourth-order valence-electron chi connectivity index (χ4n) is 5.39. The van der Waals surface area contributed by atoms with Gasteiger partial charge in [-0.05, 0) is 99.2 Å². The first kappa shape index (κ1) is 24.1. The molecule has 1 aromatic rings. The van der Waals surface area contributed by atoms with E-state index in [1.54, 1.807) is 0 Å². The second-order valence-corrected chi connectivity index (χ2v) is 9.21. The summed E-state index contributed by atoms with van der Waals surface area (Å²) < 4.78 is 66.5. The molecular weight excluding hydrogens is 411 g/mol. The van der Waals surface area contributed by atoms with Crippen molar-refractivity contribution < 1.29 is 26.7 Å². The molecule has 0 N–H and O–H groups in total. The standard InChI is InChI=1S/C25H33F5O/c26-16-2-1-3-18-6-11-21(12-7-18)22-13-8-19(9-14-22)4-5-20-10-15-24(23(27)17-20)31-25(28,29)30/h1,3,10,15,17-19,21-22H,2,4-9,11-14,16H2/b3-1+/t18-,19?,21-,22?. The van der Waals surface area contributed by atoms with Gasteiger partial charge in [-0.1, -0.05) is 31.1 Å². The Morgan fingerprint density at radius 3 is 2.16 bits per heavy atom. The van der Waals surface area contributed by atoms with Crippen LogP contribution in [-0.4, -0.2) is 13.0 Å². The van der Waals surface area contributed by atoms with E-state index in [9.17, 15) is 22.0 Å². The Hall–Kier alpha value is -1.59. The average molecular weight is 445 g/mol. The number of ether oxygens (including phenoxy) is 1. The summed E-state index contributed by atoms with van der Waals surface area (Å²) in [5.41, 5.74) is 0.716. The lowest BCUT2D eigenvalue weighted by Crippen LogP contribution is -2.25. The minimum absolute atomic E-state index is 0.276. The zero-order valence-electron chi connectivity index (χ0n) is 18.0. The van der Waals surface area contributed by atoms with E-state index in [0.29, 0.717) is 30.2 Å². The average Bonchev–Trinajstić information content (AvgIpc) is 2.74. The van der Waals surface area contributed by atoms with E-state index >= 15 is 0 Å². The van der Waals surface area contributed by atoms with Gasteiger partial charge < -0.3 is 4.74 Å². The minimum Gasteiger partial charge on any atom is -0.403 e.